The van der Waals surface area contributed by atoms with Crippen molar-refractivity contribution in [2.45, 2.75) is 51.4 Å². The predicted octanol–water partition coefficient (Wildman–Crippen LogP) is 3.58. The lowest BCUT2D eigenvalue weighted by atomic mass is 10.1. The average molecular weight is 411 g/mol. The number of thioether (sulfide) groups is 1. The van der Waals surface area contributed by atoms with Crippen molar-refractivity contribution in [1.82, 2.24) is 19.9 Å². The predicted molar refractivity (Wildman–Crippen MR) is 116 cm³/mol. The lowest BCUT2D eigenvalue weighted by Crippen LogP contribution is -2.30. The molecule has 29 heavy (non-hydrogen) atoms. The molecule has 1 aromatic carbocycles. The van der Waals surface area contributed by atoms with Gasteiger partial charge in [-0.1, -0.05) is 49.9 Å². The molecule has 152 valence electrons. The average Bonchev–Trinajstić information content (AvgIpc) is 3.26. The Kier molecular flexibility index (Phi) is 5.50. The molecule has 0 saturated heterocycles. The summed E-state index contributed by atoms with van der Waals surface area (Å²) in [7, 11) is 0. The van der Waals surface area contributed by atoms with Gasteiger partial charge in [-0.2, -0.15) is 0 Å². The van der Waals surface area contributed by atoms with Crippen molar-refractivity contribution in [3.8, 4) is 0 Å². The number of H-pyrrole nitrogens is 1. The Labute approximate surface area is 174 Å². The summed E-state index contributed by atoms with van der Waals surface area (Å²) < 4.78 is 1.69. The lowest BCUT2D eigenvalue weighted by Gasteiger charge is -2.16. The summed E-state index contributed by atoms with van der Waals surface area (Å²) in [4.78, 5) is 33.3. The molecule has 4 rings (SSSR count). The number of hydrogen-bond acceptors (Lipinski definition) is 4. The van der Waals surface area contributed by atoms with Crippen molar-refractivity contribution in [3.05, 3.63) is 57.5 Å². The molecule has 1 aliphatic carbocycles. The molecule has 0 spiro atoms. The molecule has 0 unspecified atom stereocenters. The van der Waals surface area contributed by atoms with Crippen molar-refractivity contribution >= 4 is 28.7 Å². The number of nitrogens with one attached hydrogen (secondary N) is 2. The van der Waals surface area contributed by atoms with E-state index in [1.807, 2.05) is 25.1 Å². The maximum atomic E-state index is 12.9. The van der Waals surface area contributed by atoms with Crippen LogP contribution in [0.4, 0.5) is 0 Å². The molecule has 0 radical (unpaired) electrons. The van der Waals surface area contributed by atoms with Gasteiger partial charge in [0.25, 0.3) is 5.56 Å². The van der Waals surface area contributed by atoms with Gasteiger partial charge in [0.2, 0.25) is 5.91 Å². The summed E-state index contributed by atoms with van der Waals surface area (Å²) >= 11 is 1.33. The molecule has 0 saturated carbocycles. The number of aryl methyl sites for hydroxylation is 2. The van der Waals surface area contributed by atoms with E-state index in [0.717, 1.165) is 18.5 Å². The number of rotatable bonds is 6. The number of hydrogen-bond donors (Lipinski definition) is 2. The van der Waals surface area contributed by atoms with Crippen molar-refractivity contribution in [2.24, 2.45) is 5.92 Å². The fraction of sp³-hybridized carbons (Fsp3) is 0.409. The summed E-state index contributed by atoms with van der Waals surface area (Å²) in [5.41, 5.74) is 4.53. The van der Waals surface area contributed by atoms with Gasteiger partial charge in [-0.15, -0.1) is 0 Å². The first kappa shape index (κ1) is 19.8. The monoisotopic (exact) mass is 410 g/mol. The Morgan fingerprint density at radius 3 is 2.97 bits per heavy atom. The van der Waals surface area contributed by atoms with Crippen molar-refractivity contribution in [2.75, 3.05) is 5.75 Å². The number of carbonyl (C=O) groups excluding carboxylic acids is 1. The minimum absolute atomic E-state index is 0.0348. The zero-order chi connectivity index (χ0) is 20.5. The van der Waals surface area contributed by atoms with Crippen LogP contribution >= 0.6 is 11.8 Å². The SMILES string of the molecule is Cc1cc2nc(SCC(=O)N[C@@H]3CCc4ccccc43)n(CC(C)C)c(=O)c2[nH]1. The van der Waals surface area contributed by atoms with Gasteiger partial charge in [0.1, 0.15) is 5.52 Å². The number of benzene rings is 1. The van der Waals surface area contributed by atoms with Gasteiger partial charge in [-0.25, -0.2) is 4.98 Å². The highest BCUT2D eigenvalue weighted by molar-refractivity contribution is 7.99. The van der Waals surface area contributed by atoms with E-state index in [2.05, 4.69) is 41.3 Å². The second-order valence-electron chi connectivity index (χ2n) is 8.06. The van der Waals surface area contributed by atoms with E-state index in [0.29, 0.717) is 28.7 Å². The Balaban J connectivity index is 1.51. The first-order valence-electron chi connectivity index (χ1n) is 10.0. The maximum absolute atomic E-state index is 12.9. The number of aromatic nitrogens is 3. The topological polar surface area (TPSA) is 79.8 Å². The van der Waals surface area contributed by atoms with Gasteiger partial charge < -0.3 is 10.3 Å². The molecule has 2 aromatic heterocycles. The normalized spacial score (nSPS) is 15.8. The Hall–Kier alpha value is -2.54. The number of fused-ring (bicyclic) bond motifs is 2. The molecule has 7 heteroatoms. The number of amides is 1. The molecule has 2 heterocycles. The van der Waals surface area contributed by atoms with Crippen LogP contribution in [0.3, 0.4) is 0 Å². The first-order valence-corrected chi connectivity index (χ1v) is 11.0. The van der Waals surface area contributed by atoms with Crippen molar-refractivity contribution < 1.29 is 4.79 Å². The van der Waals surface area contributed by atoms with E-state index in [4.69, 9.17) is 0 Å². The van der Waals surface area contributed by atoms with Crippen LogP contribution in [0.5, 0.6) is 0 Å². The minimum Gasteiger partial charge on any atom is -0.353 e. The third-order valence-electron chi connectivity index (χ3n) is 5.19. The van der Waals surface area contributed by atoms with E-state index < -0.39 is 0 Å². The molecule has 3 aromatic rings. The fourth-order valence-corrected chi connectivity index (χ4v) is 4.74. The summed E-state index contributed by atoms with van der Waals surface area (Å²) in [5.74, 6) is 0.497. The molecule has 1 aliphatic rings. The van der Waals surface area contributed by atoms with Gasteiger partial charge in [-0.05, 0) is 42.9 Å². The molecule has 1 amide bonds. The highest BCUT2D eigenvalue weighted by Crippen LogP contribution is 2.30. The van der Waals surface area contributed by atoms with Crippen LogP contribution in [0, 0.1) is 12.8 Å². The highest BCUT2D eigenvalue weighted by atomic mass is 32.2. The van der Waals surface area contributed by atoms with Crippen molar-refractivity contribution in [3.63, 3.8) is 0 Å². The van der Waals surface area contributed by atoms with E-state index in [-0.39, 0.29) is 23.3 Å². The first-order chi connectivity index (χ1) is 13.9. The summed E-state index contributed by atoms with van der Waals surface area (Å²) in [5, 5.41) is 3.73. The number of nitrogens with zero attached hydrogens (tertiary/aromatic N) is 2. The van der Waals surface area contributed by atoms with Gasteiger partial charge in [0.05, 0.1) is 17.3 Å². The molecule has 0 bridgehead atoms. The van der Waals surface area contributed by atoms with Gasteiger partial charge in [-0.3, -0.25) is 14.2 Å². The summed E-state index contributed by atoms with van der Waals surface area (Å²) in [6, 6.07) is 10.2. The molecule has 0 fully saturated rings. The Morgan fingerprint density at radius 2 is 2.17 bits per heavy atom. The molecular weight excluding hydrogens is 384 g/mol. The van der Waals surface area contributed by atoms with Crippen LogP contribution in [-0.4, -0.2) is 26.2 Å². The zero-order valence-electron chi connectivity index (χ0n) is 17.0. The van der Waals surface area contributed by atoms with Gasteiger partial charge in [0.15, 0.2) is 5.16 Å². The lowest BCUT2D eigenvalue weighted by molar-refractivity contribution is -0.119. The third-order valence-corrected chi connectivity index (χ3v) is 6.16. The van der Waals surface area contributed by atoms with Crippen LogP contribution in [-0.2, 0) is 17.8 Å². The summed E-state index contributed by atoms with van der Waals surface area (Å²) in [6.07, 6.45) is 1.92. The quantitative estimate of drug-likeness (QED) is 0.481. The van der Waals surface area contributed by atoms with Crippen LogP contribution in [0.25, 0.3) is 11.0 Å². The summed E-state index contributed by atoms with van der Waals surface area (Å²) in [6.45, 7) is 6.61. The van der Waals surface area contributed by atoms with E-state index >= 15 is 0 Å². The zero-order valence-corrected chi connectivity index (χ0v) is 17.8. The van der Waals surface area contributed by atoms with Crippen LogP contribution in [0.1, 0.15) is 43.1 Å². The second-order valence-corrected chi connectivity index (χ2v) is 9.01. The molecule has 2 N–H and O–H groups in total. The van der Waals surface area contributed by atoms with Gasteiger partial charge in [0, 0.05) is 12.2 Å². The maximum Gasteiger partial charge on any atom is 0.278 e. The molecule has 1 atom stereocenters. The van der Waals surface area contributed by atoms with Crippen LogP contribution < -0.4 is 10.9 Å². The van der Waals surface area contributed by atoms with Crippen LogP contribution in [0.15, 0.2) is 40.3 Å². The van der Waals surface area contributed by atoms with Crippen LogP contribution in [0.2, 0.25) is 0 Å². The largest absolute Gasteiger partial charge is 0.353 e. The second kappa shape index (κ2) is 8.06. The van der Waals surface area contributed by atoms with Gasteiger partial charge >= 0.3 is 0 Å². The fourth-order valence-electron chi connectivity index (χ4n) is 3.92. The highest BCUT2D eigenvalue weighted by Gasteiger charge is 2.23. The molecular formula is C22H26N4O2S. The number of carbonyl (C=O) groups is 1. The standard InChI is InChI=1S/C22H26N4O2S/c1-13(2)11-26-21(28)20-18(10-14(3)23-20)25-22(26)29-12-19(27)24-17-9-8-15-6-4-5-7-16(15)17/h4-7,10,13,17,23H,8-9,11-12H2,1-3H3,(H,24,27)/t17-/m1/s1. The Bertz CT molecular complexity index is 1120. The third kappa shape index (κ3) is 4.10. The number of aromatic amines is 1. The smallest absolute Gasteiger partial charge is 0.278 e. The molecule has 6 nitrogen and oxygen atoms in total. The molecule has 0 aliphatic heterocycles. The van der Waals surface area contributed by atoms with Crippen molar-refractivity contribution in [1.29, 1.82) is 0 Å². The Morgan fingerprint density at radius 1 is 1.38 bits per heavy atom. The van der Waals surface area contributed by atoms with E-state index in [1.165, 1.54) is 22.9 Å². The van der Waals surface area contributed by atoms with E-state index in [1.54, 1.807) is 4.57 Å². The van der Waals surface area contributed by atoms with E-state index in [9.17, 15) is 9.59 Å². The minimum atomic E-state index is -0.0792.